The lowest BCUT2D eigenvalue weighted by Crippen LogP contribution is -1.99. The Morgan fingerprint density at radius 2 is 2.29 bits per heavy atom. The summed E-state index contributed by atoms with van der Waals surface area (Å²) in [7, 11) is 0. The van der Waals surface area contributed by atoms with Crippen molar-refractivity contribution >= 4 is 17.4 Å². The minimum atomic E-state index is -0.391. The molecule has 0 unspecified atom stereocenters. The molecule has 0 amide bonds. The van der Waals surface area contributed by atoms with E-state index in [1.54, 1.807) is 13.0 Å². The number of allylic oxidation sites excluding steroid dienone is 2. The van der Waals surface area contributed by atoms with Gasteiger partial charge in [-0.3, -0.25) is 4.79 Å². The predicted molar refractivity (Wildman–Crippen MR) is 54.9 cm³/mol. The fourth-order valence-corrected chi connectivity index (χ4v) is 1.33. The van der Waals surface area contributed by atoms with Crippen LogP contribution in [0.1, 0.15) is 12.5 Å². The normalized spacial score (nSPS) is 10.8. The van der Waals surface area contributed by atoms with Gasteiger partial charge in [0.1, 0.15) is 5.82 Å². The van der Waals surface area contributed by atoms with Crippen molar-refractivity contribution in [2.24, 2.45) is 0 Å². The second-order valence-corrected chi connectivity index (χ2v) is 3.29. The summed E-state index contributed by atoms with van der Waals surface area (Å²) in [5.74, 6) is -0.432. The molecule has 0 saturated carbocycles. The Bertz CT molecular complexity index is 372. The molecule has 0 heterocycles. The van der Waals surface area contributed by atoms with Crippen LogP contribution in [-0.4, -0.2) is 5.78 Å². The Morgan fingerprint density at radius 3 is 2.86 bits per heavy atom. The zero-order valence-electron chi connectivity index (χ0n) is 7.76. The number of halogens is 2. The molecular weight excluding hydrogens is 203 g/mol. The van der Waals surface area contributed by atoms with E-state index >= 15 is 0 Å². The van der Waals surface area contributed by atoms with Crippen LogP contribution in [0.15, 0.2) is 30.4 Å². The maximum Gasteiger partial charge on any atom is 0.159 e. The summed E-state index contributed by atoms with van der Waals surface area (Å²) in [6, 6.07) is 4.03. The standard InChI is InChI=1S/C11H10ClFO/c1-2-3-10(14)6-8-4-5-9(13)7-11(8)12/h2-5,7H,6H2,1H3/b3-2+. The van der Waals surface area contributed by atoms with Crippen molar-refractivity contribution in [3.63, 3.8) is 0 Å². The van der Waals surface area contributed by atoms with Gasteiger partial charge in [-0.2, -0.15) is 0 Å². The first-order valence-corrected chi connectivity index (χ1v) is 4.60. The van der Waals surface area contributed by atoms with E-state index in [0.29, 0.717) is 10.6 Å². The third-order valence-corrected chi connectivity index (χ3v) is 2.08. The van der Waals surface area contributed by atoms with Crippen LogP contribution in [0.25, 0.3) is 0 Å². The van der Waals surface area contributed by atoms with Crippen molar-refractivity contribution in [3.8, 4) is 0 Å². The first-order valence-electron chi connectivity index (χ1n) is 4.23. The summed E-state index contributed by atoms with van der Waals surface area (Å²) in [5, 5.41) is 0.294. The number of carbonyl (C=O) groups is 1. The molecule has 1 nitrogen and oxygen atoms in total. The topological polar surface area (TPSA) is 17.1 Å². The number of benzene rings is 1. The molecular formula is C11H10ClFO. The number of ketones is 1. The maximum atomic E-state index is 12.6. The quantitative estimate of drug-likeness (QED) is 0.704. The predicted octanol–water partition coefficient (Wildman–Crippen LogP) is 3.17. The molecule has 0 atom stereocenters. The van der Waals surface area contributed by atoms with Crippen LogP contribution in [0.3, 0.4) is 0 Å². The smallest absolute Gasteiger partial charge is 0.159 e. The van der Waals surface area contributed by atoms with E-state index in [9.17, 15) is 9.18 Å². The molecule has 0 aliphatic rings. The van der Waals surface area contributed by atoms with E-state index in [1.807, 2.05) is 0 Å². The van der Waals surface area contributed by atoms with Gasteiger partial charge in [-0.15, -0.1) is 0 Å². The molecule has 0 fully saturated rings. The number of rotatable bonds is 3. The third-order valence-electron chi connectivity index (χ3n) is 1.73. The maximum absolute atomic E-state index is 12.6. The first-order chi connectivity index (χ1) is 6.63. The van der Waals surface area contributed by atoms with E-state index in [-0.39, 0.29) is 12.2 Å². The minimum Gasteiger partial charge on any atom is -0.294 e. The highest BCUT2D eigenvalue weighted by Gasteiger charge is 2.05. The van der Waals surface area contributed by atoms with E-state index in [0.717, 1.165) is 0 Å². The molecule has 74 valence electrons. The van der Waals surface area contributed by atoms with Crippen LogP contribution in [-0.2, 0) is 11.2 Å². The minimum absolute atomic E-state index is 0.0407. The van der Waals surface area contributed by atoms with Crippen LogP contribution in [0.4, 0.5) is 4.39 Å². The van der Waals surface area contributed by atoms with Gasteiger partial charge in [-0.25, -0.2) is 4.39 Å². The van der Waals surface area contributed by atoms with Gasteiger partial charge >= 0.3 is 0 Å². The van der Waals surface area contributed by atoms with E-state index in [4.69, 9.17) is 11.6 Å². The SMILES string of the molecule is C/C=C/C(=O)Cc1ccc(F)cc1Cl. The lowest BCUT2D eigenvalue weighted by Gasteiger charge is -2.00. The van der Waals surface area contributed by atoms with Crippen LogP contribution in [0.2, 0.25) is 5.02 Å². The van der Waals surface area contributed by atoms with Crippen molar-refractivity contribution < 1.29 is 9.18 Å². The summed E-state index contributed by atoms with van der Waals surface area (Å²) >= 11 is 5.76. The molecule has 14 heavy (non-hydrogen) atoms. The lowest BCUT2D eigenvalue weighted by molar-refractivity contribution is -0.114. The fraction of sp³-hybridized carbons (Fsp3) is 0.182. The molecule has 0 aliphatic heterocycles. The zero-order valence-corrected chi connectivity index (χ0v) is 8.51. The number of carbonyl (C=O) groups excluding carboxylic acids is 1. The van der Waals surface area contributed by atoms with E-state index in [1.165, 1.54) is 24.3 Å². The van der Waals surface area contributed by atoms with Gasteiger partial charge in [0.2, 0.25) is 0 Å². The van der Waals surface area contributed by atoms with Crippen LogP contribution in [0, 0.1) is 5.82 Å². The lowest BCUT2D eigenvalue weighted by atomic mass is 10.1. The van der Waals surface area contributed by atoms with Crippen LogP contribution < -0.4 is 0 Å². The molecule has 1 aromatic rings. The van der Waals surface area contributed by atoms with Gasteiger partial charge in [0.15, 0.2) is 5.78 Å². The molecule has 0 N–H and O–H groups in total. The Balaban J connectivity index is 2.82. The highest BCUT2D eigenvalue weighted by atomic mass is 35.5. The Morgan fingerprint density at radius 1 is 1.57 bits per heavy atom. The van der Waals surface area contributed by atoms with Gasteiger partial charge < -0.3 is 0 Å². The van der Waals surface area contributed by atoms with E-state index in [2.05, 4.69) is 0 Å². The summed E-state index contributed by atoms with van der Waals surface area (Å²) < 4.78 is 12.6. The Labute approximate surface area is 87.2 Å². The average Bonchev–Trinajstić information content (AvgIpc) is 2.10. The molecule has 0 bridgehead atoms. The summed E-state index contributed by atoms with van der Waals surface area (Å²) in [6.45, 7) is 1.77. The molecule has 0 radical (unpaired) electrons. The van der Waals surface area contributed by atoms with Crippen molar-refractivity contribution in [1.29, 1.82) is 0 Å². The number of hydrogen-bond acceptors (Lipinski definition) is 1. The summed E-state index contributed by atoms with van der Waals surface area (Å²) in [4.78, 5) is 11.2. The third kappa shape index (κ3) is 2.96. The zero-order chi connectivity index (χ0) is 10.6. The van der Waals surface area contributed by atoms with Gasteiger partial charge in [0, 0.05) is 11.4 Å². The molecule has 0 spiro atoms. The summed E-state index contributed by atoms with van der Waals surface area (Å²) in [6.07, 6.45) is 3.35. The molecule has 3 heteroatoms. The monoisotopic (exact) mass is 212 g/mol. The molecule has 0 saturated heterocycles. The highest BCUT2D eigenvalue weighted by molar-refractivity contribution is 6.31. The fourth-order valence-electron chi connectivity index (χ4n) is 1.10. The van der Waals surface area contributed by atoms with Crippen molar-refractivity contribution in [2.75, 3.05) is 0 Å². The molecule has 1 rings (SSSR count). The Hall–Kier alpha value is -1.15. The molecule has 1 aromatic carbocycles. The van der Waals surface area contributed by atoms with Crippen molar-refractivity contribution in [1.82, 2.24) is 0 Å². The number of hydrogen-bond donors (Lipinski definition) is 0. The van der Waals surface area contributed by atoms with Gasteiger partial charge in [0.05, 0.1) is 0 Å². The van der Waals surface area contributed by atoms with Crippen molar-refractivity contribution in [3.05, 3.63) is 46.8 Å². The highest BCUT2D eigenvalue weighted by Crippen LogP contribution is 2.17. The van der Waals surface area contributed by atoms with Gasteiger partial charge in [0.25, 0.3) is 0 Å². The van der Waals surface area contributed by atoms with Crippen molar-refractivity contribution in [2.45, 2.75) is 13.3 Å². The van der Waals surface area contributed by atoms with Gasteiger partial charge in [-0.05, 0) is 30.7 Å². The van der Waals surface area contributed by atoms with Crippen LogP contribution in [0.5, 0.6) is 0 Å². The second-order valence-electron chi connectivity index (χ2n) is 2.88. The average molecular weight is 213 g/mol. The first kappa shape index (κ1) is 10.9. The Kier molecular flexibility index (Phi) is 3.84. The summed E-state index contributed by atoms with van der Waals surface area (Å²) in [5.41, 5.74) is 0.649. The van der Waals surface area contributed by atoms with Crippen LogP contribution >= 0.6 is 11.6 Å². The van der Waals surface area contributed by atoms with E-state index < -0.39 is 5.82 Å². The largest absolute Gasteiger partial charge is 0.294 e. The molecule has 0 aliphatic carbocycles. The molecule has 0 aromatic heterocycles. The van der Waals surface area contributed by atoms with Gasteiger partial charge in [-0.1, -0.05) is 23.7 Å². The second kappa shape index (κ2) is 4.91.